The fraction of sp³-hybridized carbons (Fsp3) is 0.500. The third kappa shape index (κ3) is 6.07. The Morgan fingerprint density at radius 2 is 1.52 bits per heavy atom. The van der Waals surface area contributed by atoms with Gasteiger partial charge in [0.25, 0.3) is 0 Å². The Morgan fingerprint density at radius 3 is 2.12 bits per heavy atom. The van der Waals surface area contributed by atoms with Crippen molar-refractivity contribution in [2.75, 3.05) is 0 Å². The topological polar surface area (TPSA) is 57.2 Å². The summed E-state index contributed by atoms with van der Waals surface area (Å²) in [6.07, 6.45) is 8.42. The zero-order chi connectivity index (χ0) is 17.6. The van der Waals surface area contributed by atoms with E-state index in [1.165, 1.54) is 11.6 Å². The van der Waals surface area contributed by atoms with Gasteiger partial charge < -0.3 is 4.55 Å². The number of benzene rings is 2. The summed E-state index contributed by atoms with van der Waals surface area (Å²) in [6.45, 7) is 4.32. The van der Waals surface area contributed by atoms with E-state index in [1.54, 1.807) is 6.07 Å². The Balaban J connectivity index is 0.00000312. The summed E-state index contributed by atoms with van der Waals surface area (Å²) in [7, 11) is -4.47. The molecule has 0 aromatic heterocycles. The molecule has 2 aromatic carbocycles. The molecule has 0 aliphatic rings. The standard InChI is InChI=1S/C20H28O3S.Na/c1-3-5-7-10-16-14-15-17-11-9-13-19(24(21,22)23)20(17)18(16)12-8-6-4-2;/h9,11,13-15H,3-8,10,12H2,1-2H3,(H,21,22,23);/q;+1/p-1. The third-order valence-electron chi connectivity index (χ3n) is 4.56. The number of hydrogen-bond acceptors (Lipinski definition) is 3. The Kier molecular flexibility index (Phi) is 9.68. The SMILES string of the molecule is CCCCCc1ccc2cccc(S(=O)(=O)[O-])c2c1CCCCC.[Na+]. The smallest absolute Gasteiger partial charge is 0.744 e. The molecule has 0 bridgehead atoms. The van der Waals surface area contributed by atoms with Gasteiger partial charge in [-0.2, -0.15) is 0 Å². The minimum absolute atomic E-state index is 0. The average molecular weight is 370 g/mol. The zero-order valence-corrected chi connectivity index (χ0v) is 18.5. The van der Waals surface area contributed by atoms with Gasteiger partial charge in [-0.25, -0.2) is 8.42 Å². The van der Waals surface area contributed by atoms with Crippen LogP contribution in [0, 0.1) is 0 Å². The first-order chi connectivity index (χ1) is 11.5. The van der Waals surface area contributed by atoms with Gasteiger partial charge in [-0.1, -0.05) is 63.8 Å². The second-order valence-corrected chi connectivity index (χ2v) is 7.77. The van der Waals surface area contributed by atoms with Gasteiger partial charge >= 0.3 is 29.6 Å². The van der Waals surface area contributed by atoms with Crippen LogP contribution in [0.2, 0.25) is 0 Å². The van der Waals surface area contributed by atoms with Crippen molar-refractivity contribution in [1.82, 2.24) is 0 Å². The maximum Gasteiger partial charge on any atom is 1.00 e. The van der Waals surface area contributed by atoms with Crippen LogP contribution >= 0.6 is 0 Å². The van der Waals surface area contributed by atoms with Gasteiger partial charge in [-0.15, -0.1) is 0 Å². The summed E-state index contributed by atoms with van der Waals surface area (Å²) < 4.78 is 35.2. The van der Waals surface area contributed by atoms with Gasteiger partial charge in [0.2, 0.25) is 0 Å². The van der Waals surface area contributed by atoms with Crippen molar-refractivity contribution in [3.63, 3.8) is 0 Å². The van der Waals surface area contributed by atoms with E-state index in [1.807, 2.05) is 12.1 Å². The molecule has 0 saturated carbocycles. The van der Waals surface area contributed by atoms with E-state index in [-0.39, 0.29) is 34.5 Å². The second kappa shape index (κ2) is 10.7. The van der Waals surface area contributed by atoms with Crippen LogP contribution in [0.25, 0.3) is 10.8 Å². The number of aryl methyl sites for hydroxylation is 2. The van der Waals surface area contributed by atoms with Gasteiger partial charge in [0.05, 0.1) is 4.90 Å². The van der Waals surface area contributed by atoms with Crippen molar-refractivity contribution in [2.45, 2.75) is 70.1 Å². The first-order valence-corrected chi connectivity index (χ1v) is 10.4. The fourth-order valence-electron chi connectivity index (χ4n) is 3.31. The molecule has 0 fully saturated rings. The molecule has 25 heavy (non-hydrogen) atoms. The molecule has 0 atom stereocenters. The van der Waals surface area contributed by atoms with Crippen molar-refractivity contribution < 1.29 is 42.5 Å². The first-order valence-electron chi connectivity index (χ1n) is 8.98. The van der Waals surface area contributed by atoms with E-state index in [0.29, 0.717) is 5.39 Å². The molecule has 0 aliphatic heterocycles. The molecule has 2 rings (SSSR count). The van der Waals surface area contributed by atoms with E-state index in [0.717, 1.165) is 62.3 Å². The maximum absolute atomic E-state index is 11.7. The summed E-state index contributed by atoms with van der Waals surface area (Å²) in [5, 5.41) is 1.50. The summed E-state index contributed by atoms with van der Waals surface area (Å²) in [6, 6.07) is 9.06. The van der Waals surface area contributed by atoms with Crippen LogP contribution in [0.15, 0.2) is 35.2 Å². The molecule has 0 saturated heterocycles. The molecule has 2 aromatic rings. The number of unbranched alkanes of at least 4 members (excludes halogenated alkanes) is 4. The van der Waals surface area contributed by atoms with E-state index in [9.17, 15) is 13.0 Å². The molecule has 132 valence electrons. The van der Waals surface area contributed by atoms with Crippen molar-refractivity contribution >= 4 is 20.9 Å². The van der Waals surface area contributed by atoms with Crippen molar-refractivity contribution in [3.05, 3.63) is 41.5 Å². The Hall–Kier alpha value is -0.390. The predicted molar refractivity (Wildman–Crippen MR) is 98.4 cm³/mol. The van der Waals surface area contributed by atoms with E-state index in [4.69, 9.17) is 0 Å². The van der Waals surface area contributed by atoms with Gasteiger partial charge in [-0.3, -0.25) is 0 Å². The first kappa shape index (κ1) is 22.7. The molecular formula is C20H27NaO3S. The Morgan fingerprint density at radius 1 is 0.880 bits per heavy atom. The molecule has 0 aliphatic carbocycles. The Bertz CT molecular complexity index is 785. The van der Waals surface area contributed by atoms with E-state index in [2.05, 4.69) is 19.9 Å². The monoisotopic (exact) mass is 370 g/mol. The second-order valence-electron chi connectivity index (χ2n) is 6.43. The molecule has 5 heteroatoms. The molecule has 0 heterocycles. The molecule has 3 nitrogen and oxygen atoms in total. The van der Waals surface area contributed by atoms with Crippen LogP contribution in [0.3, 0.4) is 0 Å². The number of rotatable bonds is 9. The summed E-state index contributed by atoms with van der Waals surface area (Å²) >= 11 is 0. The van der Waals surface area contributed by atoms with Crippen LogP contribution in [0.5, 0.6) is 0 Å². The zero-order valence-electron chi connectivity index (χ0n) is 15.7. The van der Waals surface area contributed by atoms with Crippen molar-refractivity contribution in [1.29, 1.82) is 0 Å². The van der Waals surface area contributed by atoms with Crippen LogP contribution in [0.4, 0.5) is 0 Å². The normalized spacial score (nSPS) is 11.5. The van der Waals surface area contributed by atoms with Crippen molar-refractivity contribution in [3.8, 4) is 0 Å². The van der Waals surface area contributed by atoms with Crippen LogP contribution < -0.4 is 29.6 Å². The molecule has 0 radical (unpaired) electrons. The minimum atomic E-state index is -4.47. The van der Waals surface area contributed by atoms with Crippen LogP contribution in [-0.2, 0) is 23.0 Å². The van der Waals surface area contributed by atoms with Gasteiger partial charge in [0, 0.05) is 5.39 Å². The summed E-state index contributed by atoms with van der Waals surface area (Å²) in [4.78, 5) is -0.0659. The fourth-order valence-corrected chi connectivity index (χ4v) is 4.04. The molecule has 0 amide bonds. The average Bonchev–Trinajstić information content (AvgIpc) is 2.55. The number of fused-ring (bicyclic) bond motifs is 1. The quantitative estimate of drug-likeness (QED) is 0.386. The van der Waals surface area contributed by atoms with E-state index < -0.39 is 10.1 Å². The number of hydrogen-bond donors (Lipinski definition) is 0. The summed E-state index contributed by atoms with van der Waals surface area (Å²) in [5.41, 5.74) is 2.26. The van der Waals surface area contributed by atoms with Gasteiger partial charge in [-0.05, 0) is 48.3 Å². The Labute approximate surface area is 174 Å². The molecular weight excluding hydrogens is 343 g/mol. The minimum Gasteiger partial charge on any atom is -0.744 e. The van der Waals surface area contributed by atoms with Gasteiger partial charge in [0.15, 0.2) is 0 Å². The van der Waals surface area contributed by atoms with Crippen molar-refractivity contribution in [2.24, 2.45) is 0 Å². The third-order valence-corrected chi connectivity index (χ3v) is 5.44. The van der Waals surface area contributed by atoms with Gasteiger partial charge in [0.1, 0.15) is 10.1 Å². The van der Waals surface area contributed by atoms with Crippen LogP contribution in [0.1, 0.15) is 63.5 Å². The summed E-state index contributed by atoms with van der Waals surface area (Å²) in [5.74, 6) is 0. The van der Waals surface area contributed by atoms with E-state index >= 15 is 0 Å². The molecule has 0 N–H and O–H groups in total. The van der Waals surface area contributed by atoms with Crippen LogP contribution in [-0.4, -0.2) is 13.0 Å². The maximum atomic E-state index is 11.7. The largest absolute Gasteiger partial charge is 1.00 e. The predicted octanol–water partition coefficient (Wildman–Crippen LogP) is 2.21. The molecule has 0 unspecified atom stereocenters. The molecule has 0 spiro atoms.